The van der Waals surface area contributed by atoms with Gasteiger partial charge >= 0.3 is 0 Å². The quantitative estimate of drug-likeness (QED) is 0.623. The highest BCUT2D eigenvalue weighted by Gasteiger charge is 2.20. The first kappa shape index (κ1) is 11.6. The van der Waals surface area contributed by atoms with E-state index < -0.39 is 9.05 Å². The van der Waals surface area contributed by atoms with Gasteiger partial charge in [0.25, 0.3) is 9.05 Å². The Bertz CT molecular complexity index is 520. The number of rotatable bonds is 1. The molecule has 0 fully saturated rings. The van der Waals surface area contributed by atoms with E-state index in [4.69, 9.17) is 15.9 Å². The summed E-state index contributed by atoms with van der Waals surface area (Å²) in [5.41, 5.74) is -0.327. The fourth-order valence-electron chi connectivity index (χ4n) is 0.858. The Labute approximate surface area is 98.7 Å². The van der Waals surface area contributed by atoms with Crippen molar-refractivity contribution in [3.05, 3.63) is 21.3 Å². The summed E-state index contributed by atoms with van der Waals surface area (Å²) in [7, 11) is 1.08. The van der Waals surface area contributed by atoms with Crippen LogP contribution in [0.1, 0.15) is 5.56 Å². The molecule has 14 heavy (non-hydrogen) atoms. The summed E-state index contributed by atoms with van der Waals surface area (Å²) in [5, 5.41) is 18.0. The summed E-state index contributed by atoms with van der Waals surface area (Å²) in [5.74, 6) is -0.366. The molecule has 1 aromatic carbocycles. The molecule has 1 rings (SSSR count). The second-order valence-electron chi connectivity index (χ2n) is 2.32. The zero-order valence-electron chi connectivity index (χ0n) is 6.53. The molecule has 0 saturated carbocycles. The highest BCUT2D eigenvalue weighted by molar-refractivity contribution is 14.1. The van der Waals surface area contributed by atoms with Crippen LogP contribution in [0.2, 0.25) is 0 Å². The van der Waals surface area contributed by atoms with Crippen LogP contribution >= 0.6 is 33.3 Å². The van der Waals surface area contributed by atoms with E-state index in [1.165, 1.54) is 12.1 Å². The first-order chi connectivity index (χ1) is 6.38. The summed E-state index contributed by atoms with van der Waals surface area (Å²) in [6.07, 6.45) is 0. The maximum atomic E-state index is 11.0. The molecule has 1 N–H and O–H groups in total. The van der Waals surface area contributed by atoms with Crippen LogP contribution in [0.15, 0.2) is 17.0 Å². The first-order valence-corrected chi connectivity index (χ1v) is 6.63. The molecule has 0 aliphatic carbocycles. The fourth-order valence-corrected chi connectivity index (χ4v) is 2.31. The third-order valence-corrected chi connectivity index (χ3v) is 3.70. The average Bonchev–Trinajstić information content (AvgIpc) is 2.07. The Morgan fingerprint density at radius 3 is 2.50 bits per heavy atom. The van der Waals surface area contributed by atoms with E-state index in [2.05, 4.69) is 0 Å². The molecule has 0 spiro atoms. The lowest BCUT2D eigenvalue weighted by atomic mass is 10.2. The van der Waals surface area contributed by atoms with Crippen LogP contribution in [-0.2, 0) is 9.05 Å². The van der Waals surface area contributed by atoms with E-state index in [1.54, 1.807) is 28.7 Å². The van der Waals surface area contributed by atoms with E-state index in [0.29, 0.717) is 3.57 Å². The number of halogens is 2. The van der Waals surface area contributed by atoms with Gasteiger partial charge in [-0.3, -0.25) is 0 Å². The molecular weight excluding hydrogens is 341 g/mol. The van der Waals surface area contributed by atoms with Crippen molar-refractivity contribution in [3.8, 4) is 11.8 Å². The van der Waals surface area contributed by atoms with Crippen LogP contribution in [0.3, 0.4) is 0 Å². The molecular formula is C7H3ClINO3S. The smallest absolute Gasteiger partial charge is 0.262 e. The van der Waals surface area contributed by atoms with Crippen molar-refractivity contribution in [2.24, 2.45) is 0 Å². The number of hydrogen-bond acceptors (Lipinski definition) is 4. The average molecular weight is 344 g/mol. The molecule has 0 saturated heterocycles. The molecule has 0 radical (unpaired) electrons. The van der Waals surface area contributed by atoms with Crippen LogP contribution in [-0.4, -0.2) is 13.5 Å². The van der Waals surface area contributed by atoms with Gasteiger partial charge in [0, 0.05) is 10.7 Å². The van der Waals surface area contributed by atoms with Crippen molar-refractivity contribution in [3.63, 3.8) is 0 Å². The predicted molar refractivity (Wildman–Crippen MR) is 58.6 cm³/mol. The molecule has 74 valence electrons. The molecule has 0 amide bonds. The highest BCUT2D eigenvalue weighted by atomic mass is 127. The van der Waals surface area contributed by atoms with Crippen molar-refractivity contribution < 1.29 is 13.5 Å². The minimum absolute atomic E-state index is 0.327. The van der Waals surface area contributed by atoms with Gasteiger partial charge in [0.05, 0.1) is 3.57 Å². The number of nitriles is 1. The number of nitrogens with zero attached hydrogens (tertiary/aromatic N) is 1. The number of benzene rings is 1. The van der Waals surface area contributed by atoms with E-state index in [9.17, 15) is 13.5 Å². The fraction of sp³-hybridized carbons (Fsp3) is 0. The highest BCUT2D eigenvalue weighted by Crippen LogP contribution is 2.30. The summed E-state index contributed by atoms with van der Waals surface area (Å²) in [4.78, 5) is -0.375. The zero-order valence-corrected chi connectivity index (χ0v) is 10.3. The lowest BCUT2D eigenvalue weighted by Crippen LogP contribution is -1.96. The van der Waals surface area contributed by atoms with Crippen LogP contribution in [0.25, 0.3) is 0 Å². The second kappa shape index (κ2) is 3.92. The largest absolute Gasteiger partial charge is 0.505 e. The molecule has 0 heterocycles. The topological polar surface area (TPSA) is 78.2 Å². The number of aromatic hydroxyl groups is 1. The Morgan fingerprint density at radius 2 is 2.07 bits per heavy atom. The molecule has 0 aliphatic heterocycles. The maximum absolute atomic E-state index is 11.0. The Morgan fingerprint density at radius 1 is 1.50 bits per heavy atom. The molecule has 0 aliphatic rings. The van der Waals surface area contributed by atoms with Crippen molar-refractivity contribution in [1.82, 2.24) is 0 Å². The van der Waals surface area contributed by atoms with Gasteiger partial charge in [-0.1, -0.05) is 0 Å². The van der Waals surface area contributed by atoms with Crippen molar-refractivity contribution in [2.75, 3.05) is 0 Å². The summed E-state index contributed by atoms with van der Waals surface area (Å²) >= 11 is 1.78. The van der Waals surface area contributed by atoms with Crippen molar-refractivity contribution >= 4 is 42.3 Å². The van der Waals surface area contributed by atoms with Crippen LogP contribution in [0.5, 0.6) is 5.75 Å². The van der Waals surface area contributed by atoms with Crippen molar-refractivity contribution in [1.29, 1.82) is 5.26 Å². The molecule has 1 aromatic rings. The minimum atomic E-state index is -4.00. The third kappa shape index (κ3) is 2.10. The molecule has 0 atom stereocenters. The van der Waals surface area contributed by atoms with Gasteiger partial charge < -0.3 is 5.11 Å². The normalized spacial score (nSPS) is 10.9. The zero-order chi connectivity index (χ0) is 10.9. The Hall–Kier alpha value is -0.520. The summed E-state index contributed by atoms with van der Waals surface area (Å²) < 4.78 is 22.3. The van der Waals surface area contributed by atoms with Crippen LogP contribution in [0, 0.1) is 14.9 Å². The maximum Gasteiger partial charge on any atom is 0.262 e. The minimum Gasteiger partial charge on any atom is -0.505 e. The second-order valence-corrected chi connectivity index (χ2v) is 6.02. The Kier molecular flexibility index (Phi) is 3.24. The number of phenols is 1. The summed E-state index contributed by atoms with van der Waals surface area (Å²) in [6, 6.07) is 4.14. The molecule has 0 bridgehead atoms. The van der Waals surface area contributed by atoms with Crippen LogP contribution in [0.4, 0.5) is 0 Å². The van der Waals surface area contributed by atoms with Gasteiger partial charge in [0.1, 0.15) is 22.3 Å². The lowest BCUT2D eigenvalue weighted by Gasteiger charge is -2.03. The predicted octanol–water partition coefficient (Wildman–Crippen LogP) is 1.80. The van der Waals surface area contributed by atoms with Crippen LogP contribution < -0.4 is 0 Å². The van der Waals surface area contributed by atoms with Gasteiger partial charge in [-0.2, -0.15) is 5.26 Å². The SMILES string of the molecule is N#Cc1c(S(=O)(=O)Cl)ccc(I)c1O. The number of phenolic OH excluding ortho intramolecular Hbond substituents is 1. The van der Waals surface area contributed by atoms with E-state index >= 15 is 0 Å². The van der Waals surface area contributed by atoms with Gasteiger partial charge in [-0.05, 0) is 34.7 Å². The van der Waals surface area contributed by atoms with Gasteiger partial charge in [0.15, 0.2) is 0 Å². The summed E-state index contributed by atoms with van der Waals surface area (Å²) in [6.45, 7) is 0. The first-order valence-electron chi connectivity index (χ1n) is 3.24. The molecule has 0 aromatic heterocycles. The number of hydrogen-bond donors (Lipinski definition) is 1. The Balaban J connectivity index is 3.66. The standard InChI is InChI=1S/C7H3ClINO3S/c8-14(12,13)6-2-1-5(9)7(11)4(6)3-10/h1-2,11H. The van der Waals surface area contributed by atoms with E-state index in [-0.39, 0.29) is 16.2 Å². The van der Waals surface area contributed by atoms with E-state index in [0.717, 1.165) is 0 Å². The van der Waals surface area contributed by atoms with Crippen molar-refractivity contribution in [2.45, 2.75) is 4.90 Å². The van der Waals surface area contributed by atoms with Gasteiger partial charge in [0.2, 0.25) is 0 Å². The van der Waals surface area contributed by atoms with Gasteiger partial charge in [-0.15, -0.1) is 0 Å². The molecule has 7 heteroatoms. The third-order valence-electron chi connectivity index (χ3n) is 1.46. The molecule has 0 unspecified atom stereocenters. The lowest BCUT2D eigenvalue weighted by molar-refractivity contribution is 0.467. The molecule has 4 nitrogen and oxygen atoms in total. The monoisotopic (exact) mass is 343 g/mol. The van der Waals surface area contributed by atoms with Gasteiger partial charge in [-0.25, -0.2) is 8.42 Å². The van der Waals surface area contributed by atoms with E-state index in [1.807, 2.05) is 0 Å².